The van der Waals surface area contributed by atoms with Crippen LogP contribution >= 0.6 is 11.3 Å². The number of rotatable bonds is 7. The Morgan fingerprint density at radius 3 is 2.74 bits per heavy atom. The zero-order chi connectivity index (χ0) is 26.9. The second kappa shape index (κ2) is 10.4. The van der Waals surface area contributed by atoms with Gasteiger partial charge in [0, 0.05) is 37.0 Å². The predicted molar refractivity (Wildman–Crippen MR) is 147 cm³/mol. The summed E-state index contributed by atoms with van der Waals surface area (Å²) in [6.45, 7) is 5.24. The summed E-state index contributed by atoms with van der Waals surface area (Å²) in [4.78, 5) is 29.1. The van der Waals surface area contributed by atoms with Crippen molar-refractivity contribution in [1.82, 2.24) is 40.2 Å². The Kier molecular flexibility index (Phi) is 6.65. The number of hydrogen-bond acceptors (Lipinski definition) is 9. The number of halogens is 1. The third kappa shape index (κ3) is 5.30. The second-order valence-corrected chi connectivity index (χ2v) is 10.5. The number of H-pyrrole nitrogens is 1. The number of carbonyl (C=O) groups is 1. The SMILES string of the molecule is Cc1cc(Nc2nc(N3CCC(C(=O)N[C@@H](C)c4ccc(-n5cc(F)cn5)nc4)CC3)nc3ccsc23)n[nH]1. The van der Waals surface area contributed by atoms with Crippen LogP contribution in [0.15, 0.2) is 48.2 Å². The zero-order valence-electron chi connectivity index (χ0n) is 21.4. The molecule has 0 unspecified atom stereocenters. The van der Waals surface area contributed by atoms with E-state index in [0.717, 1.165) is 33.5 Å². The van der Waals surface area contributed by atoms with Crippen molar-refractivity contribution in [2.75, 3.05) is 23.3 Å². The van der Waals surface area contributed by atoms with Gasteiger partial charge in [0.05, 0.1) is 28.7 Å². The number of aromatic nitrogens is 7. The molecule has 5 aromatic heterocycles. The van der Waals surface area contributed by atoms with Gasteiger partial charge in [0.1, 0.15) is 0 Å². The van der Waals surface area contributed by atoms with Crippen molar-refractivity contribution < 1.29 is 9.18 Å². The fourth-order valence-corrected chi connectivity index (χ4v) is 5.43. The fraction of sp³-hybridized carbons (Fsp3) is 0.308. The van der Waals surface area contributed by atoms with Crippen LogP contribution < -0.4 is 15.5 Å². The number of aromatic amines is 1. The van der Waals surface area contributed by atoms with Gasteiger partial charge in [-0.2, -0.15) is 15.2 Å². The summed E-state index contributed by atoms with van der Waals surface area (Å²) >= 11 is 1.58. The average Bonchev–Trinajstić information content (AvgIpc) is 3.70. The Labute approximate surface area is 227 Å². The lowest BCUT2D eigenvalue weighted by molar-refractivity contribution is -0.126. The van der Waals surface area contributed by atoms with Crippen molar-refractivity contribution in [2.24, 2.45) is 5.92 Å². The van der Waals surface area contributed by atoms with E-state index in [1.165, 1.54) is 10.9 Å². The zero-order valence-corrected chi connectivity index (χ0v) is 22.2. The maximum Gasteiger partial charge on any atom is 0.227 e. The lowest BCUT2D eigenvalue weighted by atomic mass is 9.95. The van der Waals surface area contributed by atoms with Crippen LogP contribution in [0.2, 0.25) is 0 Å². The number of anilines is 3. The van der Waals surface area contributed by atoms with E-state index in [2.05, 4.69) is 35.8 Å². The van der Waals surface area contributed by atoms with E-state index >= 15 is 0 Å². The minimum Gasteiger partial charge on any atom is -0.349 e. The third-order valence-electron chi connectivity index (χ3n) is 6.81. The highest BCUT2D eigenvalue weighted by molar-refractivity contribution is 7.17. The molecule has 6 heterocycles. The first-order valence-corrected chi connectivity index (χ1v) is 13.6. The molecule has 0 aromatic carbocycles. The van der Waals surface area contributed by atoms with Gasteiger partial charge in [-0.3, -0.25) is 9.89 Å². The quantitative estimate of drug-likeness (QED) is 0.276. The molecule has 1 aliphatic heterocycles. The van der Waals surface area contributed by atoms with Crippen molar-refractivity contribution in [1.29, 1.82) is 0 Å². The second-order valence-electron chi connectivity index (χ2n) is 9.61. The summed E-state index contributed by atoms with van der Waals surface area (Å²) in [7, 11) is 0. The normalized spacial score (nSPS) is 15.0. The molecule has 1 atom stereocenters. The van der Waals surface area contributed by atoms with Crippen molar-refractivity contribution in [3.63, 3.8) is 0 Å². The van der Waals surface area contributed by atoms with Crippen LogP contribution in [0.3, 0.4) is 0 Å². The van der Waals surface area contributed by atoms with Gasteiger partial charge in [-0.25, -0.2) is 19.0 Å². The number of pyridine rings is 1. The average molecular weight is 547 g/mol. The van der Waals surface area contributed by atoms with Gasteiger partial charge in [-0.15, -0.1) is 11.3 Å². The number of aryl methyl sites for hydroxylation is 1. The summed E-state index contributed by atoms with van der Waals surface area (Å²) in [5, 5.41) is 19.6. The lowest BCUT2D eigenvalue weighted by Crippen LogP contribution is -2.41. The van der Waals surface area contributed by atoms with Gasteiger partial charge in [0.15, 0.2) is 23.3 Å². The van der Waals surface area contributed by atoms with E-state index in [9.17, 15) is 9.18 Å². The third-order valence-corrected chi connectivity index (χ3v) is 7.72. The first kappa shape index (κ1) is 24.9. The Hall–Kier alpha value is -4.39. The van der Waals surface area contributed by atoms with Crippen LogP contribution in [0.4, 0.5) is 22.0 Å². The Morgan fingerprint density at radius 2 is 2.05 bits per heavy atom. The number of thiophene rings is 1. The highest BCUT2D eigenvalue weighted by Gasteiger charge is 2.28. The van der Waals surface area contributed by atoms with Crippen LogP contribution in [-0.4, -0.2) is 53.9 Å². The molecule has 1 saturated heterocycles. The summed E-state index contributed by atoms with van der Waals surface area (Å²) in [5.41, 5.74) is 2.70. The van der Waals surface area contributed by atoms with Crippen molar-refractivity contribution in [3.8, 4) is 5.82 Å². The van der Waals surface area contributed by atoms with Crippen LogP contribution in [0.25, 0.3) is 16.0 Å². The molecule has 0 bridgehead atoms. The van der Waals surface area contributed by atoms with Crippen LogP contribution in [0.1, 0.15) is 37.1 Å². The lowest BCUT2D eigenvalue weighted by Gasteiger charge is -2.32. The minimum absolute atomic E-state index is 0.0193. The van der Waals surface area contributed by atoms with Gasteiger partial charge in [0.2, 0.25) is 11.9 Å². The standard InChI is InChI=1S/C26H27FN10OS/c1-15-11-21(35-34-15)32-24-23-20(7-10-39-23)31-26(33-24)36-8-5-17(6-9-36)25(38)30-16(2)18-3-4-22(28-12-18)37-14-19(27)13-29-37/h3-4,7,10-14,16-17H,5-6,8-9H2,1-2H3,(H,30,38)(H2,31,32,33,34,35)/t16-/m0/s1. The molecule has 0 radical (unpaired) electrons. The van der Waals surface area contributed by atoms with Crippen molar-refractivity contribution in [3.05, 3.63) is 65.3 Å². The van der Waals surface area contributed by atoms with E-state index < -0.39 is 5.82 Å². The molecule has 11 nitrogen and oxygen atoms in total. The first-order valence-electron chi connectivity index (χ1n) is 12.7. The van der Waals surface area contributed by atoms with E-state index in [-0.39, 0.29) is 17.9 Å². The number of amides is 1. The van der Waals surface area contributed by atoms with E-state index in [1.807, 2.05) is 37.4 Å². The largest absolute Gasteiger partial charge is 0.349 e. The predicted octanol–water partition coefficient (Wildman–Crippen LogP) is 4.28. The molecule has 13 heteroatoms. The smallest absolute Gasteiger partial charge is 0.227 e. The van der Waals surface area contributed by atoms with Crippen LogP contribution in [-0.2, 0) is 4.79 Å². The van der Waals surface area contributed by atoms with Gasteiger partial charge in [-0.1, -0.05) is 6.07 Å². The fourth-order valence-electron chi connectivity index (χ4n) is 4.65. The molecule has 0 spiro atoms. The summed E-state index contributed by atoms with van der Waals surface area (Å²) in [5.74, 6) is 2.08. The first-order chi connectivity index (χ1) is 18.9. The number of piperidine rings is 1. The molecule has 1 fully saturated rings. The van der Waals surface area contributed by atoms with E-state index in [0.29, 0.717) is 43.5 Å². The molecule has 0 aliphatic carbocycles. The molecule has 5 aromatic rings. The Morgan fingerprint density at radius 1 is 1.21 bits per heavy atom. The maximum atomic E-state index is 13.2. The van der Waals surface area contributed by atoms with Crippen molar-refractivity contribution >= 4 is 45.0 Å². The Balaban J connectivity index is 1.08. The minimum atomic E-state index is -0.424. The van der Waals surface area contributed by atoms with Gasteiger partial charge < -0.3 is 15.5 Å². The maximum absolute atomic E-state index is 13.2. The van der Waals surface area contributed by atoms with Crippen LogP contribution in [0.5, 0.6) is 0 Å². The highest BCUT2D eigenvalue weighted by atomic mass is 32.1. The summed E-state index contributed by atoms with van der Waals surface area (Å²) in [6, 6.07) is 7.32. The van der Waals surface area contributed by atoms with Gasteiger partial charge in [-0.05, 0) is 49.8 Å². The van der Waals surface area contributed by atoms with Crippen LogP contribution in [0, 0.1) is 18.7 Å². The molecule has 1 aliphatic rings. The topological polar surface area (TPSA) is 130 Å². The summed E-state index contributed by atoms with van der Waals surface area (Å²) < 4.78 is 15.6. The number of nitrogens with one attached hydrogen (secondary N) is 3. The molecule has 0 saturated carbocycles. The molecular weight excluding hydrogens is 519 g/mol. The molecule has 3 N–H and O–H groups in total. The highest BCUT2D eigenvalue weighted by Crippen LogP contribution is 2.31. The monoisotopic (exact) mass is 546 g/mol. The van der Waals surface area contributed by atoms with E-state index in [4.69, 9.17) is 9.97 Å². The van der Waals surface area contributed by atoms with Gasteiger partial charge >= 0.3 is 0 Å². The number of nitrogens with zero attached hydrogens (tertiary/aromatic N) is 7. The van der Waals surface area contributed by atoms with Crippen molar-refractivity contribution in [2.45, 2.75) is 32.7 Å². The molecule has 39 heavy (non-hydrogen) atoms. The number of hydrogen-bond donors (Lipinski definition) is 3. The Bertz CT molecular complexity index is 1600. The molecule has 1 amide bonds. The number of fused-ring (bicyclic) bond motifs is 1. The molecule has 6 rings (SSSR count). The van der Waals surface area contributed by atoms with Gasteiger partial charge in [0.25, 0.3) is 0 Å². The molecule has 200 valence electrons. The molecular formula is C26H27FN10OS. The number of carbonyl (C=O) groups excluding carboxylic acids is 1. The van der Waals surface area contributed by atoms with E-state index in [1.54, 1.807) is 23.6 Å². The summed E-state index contributed by atoms with van der Waals surface area (Å²) in [6.07, 6.45) is 5.48.